The van der Waals surface area contributed by atoms with Crippen molar-refractivity contribution in [2.75, 3.05) is 25.0 Å². The minimum absolute atomic E-state index is 0.0618. The Bertz CT molecular complexity index is 416. The molecule has 0 aliphatic carbocycles. The van der Waals surface area contributed by atoms with Crippen molar-refractivity contribution in [1.82, 2.24) is 9.88 Å². The Morgan fingerprint density at radius 2 is 2.25 bits per heavy atom. The summed E-state index contributed by atoms with van der Waals surface area (Å²) in [6.45, 7) is 12.5. The molecule has 4 nitrogen and oxygen atoms in total. The number of nitrogens with one attached hydrogen (secondary N) is 1. The Morgan fingerprint density at radius 3 is 2.85 bits per heavy atom. The number of hydrogen-bond donors (Lipinski definition) is 1. The van der Waals surface area contributed by atoms with Gasteiger partial charge < -0.3 is 10.1 Å². The zero-order chi connectivity index (χ0) is 14.6. The zero-order valence-corrected chi connectivity index (χ0v) is 13.1. The summed E-state index contributed by atoms with van der Waals surface area (Å²) in [6.07, 6.45) is 3.38. The summed E-state index contributed by atoms with van der Waals surface area (Å²) in [5.41, 5.74) is 1.20. The van der Waals surface area contributed by atoms with Gasteiger partial charge in [-0.25, -0.2) is 4.98 Å². The maximum atomic E-state index is 5.94. The quantitative estimate of drug-likeness (QED) is 0.898. The normalized spacial score (nSPS) is 22.7. The molecule has 1 N–H and O–H groups in total. The second kappa shape index (κ2) is 6.55. The van der Waals surface area contributed by atoms with Crippen LogP contribution in [0.25, 0.3) is 0 Å². The molecule has 2 heterocycles. The largest absolute Gasteiger partial charge is 0.370 e. The van der Waals surface area contributed by atoms with Crippen LogP contribution in [0, 0.1) is 0 Å². The third-order valence-electron chi connectivity index (χ3n) is 3.43. The molecule has 2 rings (SSSR count). The fraction of sp³-hybridized carbons (Fsp3) is 0.688. The van der Waals surface area contributed by atoms with Gasteiger partial charge in [-0.2, -0.15) is 0 Å². The van der Waals surface area contributed by atoms with E-state index in [0.717, 1.165) is 38.4 Å². The van der Waals surface area contributed by atoms with Crippen LogP contribution in [0.4, 0.5) is 5.82 Å². The lowest BCUT2D eigenvalue weighted by Gasteiger charge is -2.41. The lowest BCUT2D eigenvalue weighted by Crippen LogP contribution is -2.51. The summed E-state index contributed by atoms with van der Waals surface area (Å²) in [7, 11) is 0. The van der Waals surface area contributed by atoms with Gasteiger partial charge in [-0.3, -0.25) is 4.90 Å². The molecule has 0 aromatic carbocycles. The Labute approximate surface area is 122 Å². The minimum Gasteiger partial charge on any atom is -0.370 e. The highest BCUT2D eigenvalue weighted by Gasteiger charge is 2.31. The van der Waals surface area contributed by atoms with E-state index < -0.39 is 0 Å². The highest BCUT2D eigenvalue weighted by atomic mass is 16.5. The number of rotatable bonds is 5. The molecule has 1 aliphatic rings. The number of hydrogen-bond acceptors (Lipinski definition) is 4. The number of anilines is 1. The van der Waals surface area contributed by atoms with Gasteiger partial charge in [0.05, 0.1) is 11.7 Å². The Balaban J connectivity index is 1.92. The molecule has 4 heteroatoms. The molecule has 0 saturated carbocycles. The summed E-state index contributed by atoms with van der Waals surface area (Å²) < 4.78 is 5.94. The van der Waals surface area contributed by atoms with E-state index in [1.54, 1.807) is 0 Å². The van der Waals surface area contributed by atoms with Gasteiger partial charge >= 0.3 is 0 Å². The first-order valence-electron chi connectivity index (χ1n) is 7.57. The van der Waals surface area contributed by atoms with Crippen LogP contribution in [-0.4, -0.2) is 41.2 Å². The second-order valence-electron chi connectivity index (χ2n) is 6.34. The number of nitrogens with zero attached hydrogens (tertiary/aromatic N) is 2. The first-order valence-corrected chi connectivity index (χ1v) is 7.57. The van der Waals surface area contributed by atoms with Crippen LogP contribution in [0.5, 0.6) is 0 Å². The van der Waals surface area contributed by atoms with Gasteiger partial charge in [0.1, 0.15) is 5.82 Å². The Kier molecular flexibility index (Phi) is 5.00. The Hall–Kier alpha value is -1.13. The van der Waals surface area contributed by atoms with Crippen LogP contribution in [0.15, 0.2) is 18.3 Å². The standard InChI is InChI=1S/C16H27N3O/c1-5-8-17-15-7-6-14(9-18-15)11-19-10-13(2)20-16(3,4)12-19/h6-7,9,13H,5,8,10-12H2,1-4H3,(H,17,18). The van der Waals surface area contributed by atoms with Gasteiger partial charge in [0.2, 0.25) is 0 Å². The van der Waals surface area contributed by atoms with Gasteiger partial charge in [0.15, 0.2) is 0 Å². The predicted molar refractivity (Wildman–Crippen MR) is 82.9 cm³/mol. The van der Waals surface area contributed by atoms with Gasteiger partial charge in [-0.1, -0.05) is 13.0 Å². The average molecular weight is 277 g/mol. The maximum absolute atomic E-state index is 5.94. The van der Waals surface area contributed by atoms with E-state index in [2.05, 4.69) is 55.0 Å². The molecule has 0 amide bonds. The number of pyridine rings is 1. The molecule has 20 heavy (non-hydrogen) atoms. The van der Waals surface area contributed by atoms with Gasteiger partial charge in [0.25, 0.3) is 0 Å². The van der Waals surface area contributed by atoms with Crippen LogP contribution < -0.4 is 5.32 Å². The van der Waals surface area contributed by atoms with Gasteiger partial charge in [-0.15, -0.1) is 0 Å². The van der Waals surface area contributed by atoms with Crippen LogP contribution in [0.3, 0.4) is 0 Å². The summed E-state index contributed by atoms with van der Waals surface area (Å²) in [4.78, 5) is 6.92. The third-order valence-corrected chi connectivity index (χ3v) is 3.43. The highest BCUT2D eigenvalue weighted by molar-refractivity contribution is 5.35. The molecule has 1 saturated heterocycles. The van der Waals surface area contributed by atoms with Crippen LogP contribution in [-0.2, 0) is 11.3 Å². The van der Waals surface area contributed by atoms with Gasteiger partial charge in [0, 0.05) is 32.4 Å². The minimum atomic E-state index is -0.0618. The fourth-order valence-electron chi connectivity index (χ4n) is 2.84. The number of ether oxygens (including phenoxy) is 1. The molecule has 1 unspecified atom stereocenters. The summed E-state index contributed by atoms with van der Waals surface area (Å²) in [5, 5.41) is 3.30. The van der Waals surface area contributed by atoms with Crippen molar-refractivity contribution in [1.29, 1.82) is 0 Å². The SMILES string of the molecule is CCCNc1ccc(CN2CC(C)OC(C)(C)C2)cn1. The van der Waals surface area contributed by atoms with Crippen molar-refractivity contribution >= 4 is 5.82 Å². The zero-order valence-electron chi connectivity index (χ0n) is 13.1. The van der Waals surface area contributed by atoms with Crippen LogP contribution >= 0.6 is 0 Å². The van der Waals surface area contributed by atoms with Gasteiger partial charge in [-0.05, 0) is 38.8 Å². The average Bonchev–Trinajstić information content (AvgIpc) is 2.35. The van der Waals surface area contributed by atoms with E-state index in [4.69, 9.17) is 4.74 Å². The first-order chi connectivity index (χ1) is 9.48. The summed E-state index contributed by atoms with van der Waals surface area (Å²) in [6, 6.07) is 4.23. The summed E-state index contributed by atoms with van der Waals surface area (Å²) >= 11 is 0. The summed E-state index contributed by atoms with van der Waals surface area (Å²) in [5.74, 6) is 0.964. The second-order valence-corrected chi connectivity index (χ2v) is 6.34. The molecule has 1 aromatic heterocycles. The molecule has 0 bridgehead atoms. The molecular formula is C16H27N3O. The molecule has 0 spiro atoms. The van der Waals surface area contributed by atoms with E-state index in [1.165, 1.54) is 5.56 Å². The van der Waals surface area contributed by atoms with Crippen LogP contribution in [0.1, 0.15) is 39.7 Å². The topological polar surface area (TPSA) is 37.4 Å². The van der Waals surface area contributed by atoms with Crippen molar-refractivity contribution in [3.8, 4) is 0 Å². The predicted octanol–water partition coefficient (Wildman–Crippen LogP) is 2.90. The Morgan fingerprint density at radius 1 is 1.45 bits per heavy atom. The first kappa shape index (κ1) is 15.3. The maximum Gasteiger partial charge on any atom is 0.125 e. The highest BCUT2D eigenvalue weighted by Crippen LogP contribution is 2.22. The number of aromatic nitrogens is 1. The number of morpholine rings is 1. The smallest absolute Gasteiger partial charge is 0.125 e. The fourth-order valence-corrected chi connectivity index (χ4v) is 2.84. The van der Waals surface area contributed by atoms with E-state index in [1.807, 2.05) is 6.20 Å². The lowest BCUT2D eigenvalue weighted by molar-refractivity contribution is -0.130. The molecule has 1 aliphatic heterocycles. The molecule has 1 fully saturated rings. The lowest BCUT2D eigenvalue weighted by atomic mass is 10.0. The molecular weight excluding hydrogens is 250 g/mol. The van der Waals surface area contributed by atoms with E-state index in [9.17, 15) is 0 Å². The van der Waals surface area contributed by atoms with Crippen LogP contribution in [0.2, 0.25) is 0 Å². The molecule has 0 radical (unpaired) electrons. The molecule has 1 atom stereocenters. The molecule has 1 aromatic rings. The van der Waals surface area contributed by atoms with Crippen molar-refractivity contribution in [2.45, 2.75) is 52.4 Å². The molecule has 112 valence electrons. The van der Waals surface area contributed by atoms with Crippen molar-refractivity contribution in [2.24, 2.45) is 0 Å². The monoisotopic (exact) mass is 277 g/mol. The van der Waals surface area contributed by atoms with Crippen molar-refractivity contribution in [3.05, 3.63) is 23.9 Å². The van der Waals surface area contributed by atoms with Crippen molar-refractivity contribution < 1.29 is 4.74 Å². The third kappa shape index (κ3) is 4.46. The van der Waals surface area contributed by atoms with Crippen molar-refractivity contribution in [3.63, 3.8) is 0 Å². The van der Waals surface area contributed by atoms with E-state index in [0.29, 0.717) is 0 Å². The van der Waals surface area contributed by atoms with E-state index >= 15 is 0 Å². The van der Waals surface area contributed by atoms with E-state index in [-0.39, 0.29) is 11.7 Å².